The van der Waals surface area contributed by atoms with Crippen molar-refractivity contribution in [2.24, 2.45) is 0 Å². The summed E-state index contributed by atoms with van der Waals surface area (Å²) in [6, 6.07) is 7.06. The van der Waals surface area contributed by atoms with Gasteiger partial charge in [0.25, 0.3) is 5.91 Å². The van der Waals surface area contributed by atoms with Gasteiger partial charge in [-0.3, -0.25) is 14.3 Å². The lowest BCUT2D eigenvalue weighted by Crippen LogP contribution is -2.34. The zero-order chi connectivity index (χ0) is 25.7. The first-order valence-electron chi connectivity index (χ1n) is 11.8. The summed E-state index contributed by atoms with van der Waals surface area (Å²) in [6.45, 7) is 2.25. The van der Waals surface area contributed by atoms with Crippen LogP contribution in [0.15, 0.2) is 42.9 Å². The van der Waals surface area contributed by atoms with Crippen molar-refractivity contribution in [1.82, 2.24) is 29.9 Å². The van der Waals surface area contributed by atoms with E-state index >= 15 is 0 Å². The van der Waals surface area contributed by atoms with Gasteiger partial charge in [-0.25, -0.2) is 9.37 Å². The molecule has 0 aliphatic carbocycles. The first-order valence-corrected chi connectivity index (χ1v) is 11.8. The molecule has 0 unspecified atom stereocenters. The van der Waals surface area contributed by atoms with Crippen LogP contribution in [0.4, 0.5) is 27.3 Å². The molecule has 0 fully saturated rings. The fraction of sp³-hybridized carbons (Fsp3) is 0.360. The Kier molecular flexibility index (Phi) is 7.79. The summed E-state index contributed by atoms with van der Waals surface area (Å²) >= 11 is 0. The second kappa shape index (κ2) is 11.2. The maximum absolute atomic E-state index is 14.6. The number of hydrogen-bond acceptors (Lipinski definition) is 7. The van der Waals surface area contributed by atoms with Gasteiger partial charge in [0.05, 0.1) is 35.0 Å². The lowest BCUT2D eigenvalue weighted by Gasteiger charge is -2.27. The van der Waals surface area contributed by atoms with E-state index in [-0.39, 0.29) is 24.0 Å². The molecule has 2 aromatic heterocycles. The van der Waals surface area contributed by atoms with Crippen molar-refractivity contribution in [3.05, 3.63) is 59.8 Å². The number of nitrogens with one attached hydrogen (secondary N) is 3. The number of hydrogen-bond donors (Lipinski definition) is 3. The van der Waals surface area contributed by atoms with Gasteiger partial charge in [0.1, 0.15) is 12.4 Å². The maximum atomic E-state index is 14.6. The molecule has 1 aliphatic rings. The van der Waals surface area contributed by atoms with E-state index in [1.54, 1.807) is 30.4 Å². The van der Waals surface area contributed by atoms with Gasteiger partial charge in [0.15, 0.2) is 5.82 Å². The largest absolute Gasteiger partial charge is 0.354 e. The molecule has 11 heteroatoms. The number of halogens is 1. The average molecular weight is 495 g/mol. The number of benzene rings is 1. The van der Waals surface area contributed by atoms with Gasteiger partial charge in [0, 0.05) is 32.4 Å². The van der Waals surface area contributed by atoms with Crippen LogP contribution in [-0.2, 0) is 17.8 Å². The Balaban J connectivity index is 1.41. The van der Waals surface area contributed by atoms with Gasteiger partial charge < -0.3 is 25.8 Å². The van der Waals surface area contributed by atoms with Crippen LogP contribution >= 0.6 is 0 Å². The number of likely N-dealkylation sites (N-methyl/N-ethyl adjacent to an activating group) is 1. The van der Waals surface area contributed by atoms with E-state index in [0.29, 0.717) is 35.8 Å². The lowest BCUT2D eigenvalue weighted by atomic mass is 9.97. The number of fused-ring (bicyclic) bond motifs is 1. The predicted octanol–water partition coefficient (Wildman–Crippen LogP) is 2.60. The van der Waals surface area contributed by atoms with Crippen LogP contribution < -0.4 is 16.0 Å². The zero-order valence-electron chi connectivity index (χ0n) is 20.7. The average Bonchev–Trinajstić information content (AvgIpc) is 3.27. The Labute approximate surface area is 209 Å². The van der Waals surface area contributed by atoms with E-state index in [9.17, 15) is 14.0 Å². The van der Waals surface area contributed by atoms with Gasteiger partial charge in [-0.2, -0.15) is 5.10 Å². The first kappa shape index (κ1) is 25.1. The molecule has 3 aromatic rings. The molecule has 0 atom stereocenters. The Morgan fingerprint density at radius 3 is 2.83 bits per heavy atom. The molecule has 10 nitrogen and oxygen atoms in total. The summed E-state index contributed by atoms with van der Waals surface area (Å²) in [5, 5.41) is 13.2. The van der Waals surface area contributed by atoms with Crippen molar-refractivity contribution in [3.8, 4) is 0 Å². The molecule has 0 saturated carbocycles. The molecular weight excluding hydrogens is 463 g/mol. The molecule has 3 N–H and O–H groups in total. The molecule has 190 valence electrons. The van der Waals surface area contributed by atoms with Crippen LogP contribution in [-0.4, -0.2) is 77.2 Å². The second-order valence-corrected chi connectivity index (χ2v) is 9.05. The molecule has 2 amide bonds. The quantitative estimate of drug-likeness (QED) is 0.372. The minimum atomic E-state index is -0.545. The molecule has 3 heterocycles. The molecule has 1 aliphatic heterocycles. The van der Waals surface area contributed by atoms with Crippen LogP contribution in [0.3, 0.4) is 0 Å². The highest BCUT2D eigenvalue weighted by Crippen LogP contribution is 2.30. The van der Waals surface area contributed by atoms with Gasteiger partial charge in [-0.1, -0.05) is 12.1 Å². The molecule has 36 heavy (non-hydrogen) atoms. The Bertz CT molecular complexity index is 1240. The van der Waals surface area contributed by atoms with E-state index in [1.807, 2.05) is 26.2 Å². The molecule has 0 spiro atoms. The number of carbonyl (C=O) groups excluding carboxylic acids is 2. The summed E-state index contributed by atoms with van der Waals surface area (Å²) in [7, 11) is 5.74. The third kappa shape index (κ3) is 6.16. The minimum absolute atomic E-state index is 0.0922. The highest BCUT2D eigenvalue weighted by Gasteiger charge is 2.25. The zero-order valence-corrected chi connectivity index (χ0v) is 20.7. The second-order valence-electron chi connectivity index (χ2n) is 9.05. The number of anilines is 4. The summed E-state index contributed by atoms with van der Waals surface area (Å²) in [5.41, 5.74) is 2.83. The number of pyridine rings is 1. The normalized spacial score (nSPS) is 13.0. The highest BCUT2D eigenvalue weighted by atomic mass is 19.1. The van der Waals surface area contributed by atoms with Crippen LogP contribution in [0.2, 0.25) is 0 Å². The van der Waals surface area contributed by atoms with Crippen molar-refractivity contribution in [1.29, 1.82) is 0 Å². The van der Waals surface area contributed by atoms with Gasteiger partial charge in [-0.15, -0.1) is 0 Å². The van der Waals surface area contributed by atoms with Crippen molar-refractivity contribution in [2.45, 2.75) is 19.4 Å². The molecule has 0 radical (unpaired) electrons. The highest BCUT2D eigenvalue weighted by molar-refractivity contribution is 6.02. The fourth-order valence-corrected chi connectivity index (χ4v) is 3.98. The van der Waals surface area contributed by atoms with E-state index < -0.39 is 5.82 Å². The molecule has 0 saturated heterocycles. The van der Waals surface area contributed by atoms with E-state index in [4.69, 9.17) is 0 Å². The molecular formula is C25H31FN8O2. The standard InChI is InChI=1S/C25H31FN8O2/c1-32(2)10-5-9-27-23(35)16-34-15-18(13-29-34)30-22-12-21(19(26)14-28-22)31-20-7-4-6-17-8-11-33(3)25(36)24(17)20/h4,6-7,12-15H,5,8-11,16H2,1-3H3,(H,27,35)(H2,28,30,31). The topological polar surface area (TPSA) is 107 Å². The Morgan fingerprint density at radius 2 is 2.03 bits per heavy atom. The van der Waals surface area contributed by atoms with Crippen LogP contribution in [0.25, 0.3) is 0 Å². The SMILES string of the molecule is CN(C)CCCNC(=O)Cn1cc(Nc2cc(Nc3cccc4c3C(=O)N(C)CC4)c(F)cn2)cn1. The summed E-state index contributed by atoms with van der Waals surface area (Å²) in [6.07, 6.45) is 5.98. The van der Waals surface area contributed by atoms with Gasteiger partial charge in [0.2, 0.25) is 5.91 Å². The molecule has 1 aromatic carbocycles. The van der Waals surface area contributed by atoms with Crippen molar-refractivity contribution < 1.29 is 14.0 Å². The van der Waals surface area contributed by atoms with E-state index in [0.717, 1.165) is 31.1 Å². The smallest absolute Gasteiger partial charge is 0.255 e. The number of nitrogens with zero attached hydrogens (tertiary/aromatic N) is 5. The molecule has 0 bridgehead atoms. The third-order valence-electron chi connectivity index (χ3n) is 5.87. The van der Waals surface area contributed by atoms with Crippen molar-refractivity contribution in [3.63, 3.8) is 0 Å². The number of amides is 2. The van der Waals surface area contributed by atoms with E-state index in [1.165, 1.54) is 10.7 Å². The summed E-state index contributed by atoms with van der Waals surface area (Å²) in [4.78, 5) is 32.7. The van der Waals surface area contributed by atoms with Crippen LogP contribution in [0, 0.1) is 5.82 Å². The van der Waals surface area contributed by atoms with Crippen LogP contribution in [0.5, 0.6) is 0 Å². The predicted molar refractivity (Wildman–Crippen MR) is 136 cm³/mol. The fourth-order valence-electron chi connectivity index (χ4n) is 3.98. The molecule has 4 rings (SSSR count). The van der Waals surface area contributed by atoms with Gasteiger partial charge in [-0.05, 0) is 45.1 Å². The number of aromatic nitrogens is 3. The monoisotopic (exact) mass is 494 g/mol. The van der Waals surface area contributed by atoms with Crippen molar-refractivity contribution in [2.75, 3.05) is 51.4 Å². The van der Waals surface area contributed by atoms with Gasteiger partial charge >= 0.3 is 0 Å². The number of carbonyl (C=O) groups is 2. The first-order chi connectivity index (χ1) is 17.3. The summed E-state index contributed by atoms with van der Waals surface area (Å²) in [5.74, 6) is -0.376. The minimum Gasteiger partial charge on any atom is -0.354 e. The third-order valence-corrected chi connectivity index (χ3v) is 5.87. The lowest BCUT2D eigenvalue weighted by molar-refractivity contribution is -0.121. The maximum Gasteiger partial charge on any atom is 0.255 e. The summed E-state index contributed by atoms with van der Waals surface area (Å²) < 4.78 is 16.1. The van der Waals surface area contributed by atoms with Crippen molar-refractivity contribution >= 4 is 34.7 Å². The van der Waals surface area contributed by atoms with E-state index in [2.05, 4.69) is 30.9 Å². The Morgan fingerprint density at radius 1 is 1.19 bits per heavy atom. The van der Waals surface area contributed by atoms with Crippen LogP contribution in [0.1, 0.15) is 22.3 Å². The Hall–Kier alpha value is -3.99. The number of rotatable bonds is 10.